The number of rotatable bonds is 0. The maximum atomic E-state index is 2.51. The van der Waals surface area contributed by atoms with E-state index in [0.29, 0.717) is 10.8 Å². The molecule has 0 amide bonds. The molecule has 0 heteroatoms. The van der Waals surface area contributed by atoms with Gasteiger partial charge in [-0.1, -0.05) is 39.8 Å². The van der Waals surface area contributed by atoms with E-state index >= 15 is 0 Å². The van der Waals surface area contributed by atoms with Gasteiger partial charge in [-0.2, -0.15) is 0 Å². The van der Waals surface area contributed by atoms with Gasteiger partial charge >= 0.3 is 0 Å². The zero-order valence-electron chi connectivity index (χ0n) is 9.88. The Morgan fingerprint density at radius 1 is 1.00 bits per heavy atom. The van der Waals surface area contributed by atoms with Crippen LogP contribution in [0.4, 0.5) is 0 Å². The summed E-state index contributed by atoms with van der Waals surface area (Å²) >= 11 is 0. The first-order valence-electron chi connectivity index (χ1n) is 6.12. The third-order valence-corrected chi connectivity index (χ3v) is 5.95. The summed E-state index contributed by atoms with van der Waals surface area (Å²) in [4.78, 5) is 0. The fourth-order valence-electron chi connectivity index (χ4n) is 4.58. The van der Waals surface area contributed by atoms with Crippen molar-refractivity contribution in [3.63, 3.8) is 0 Å². The highest BCUT2D eigenvalue weighted by atomic mass is 14.7. The van der Waals surface area contributed by atoms with Crippen molar-refractivity contribution >= 4 is 0 Å². The van der Waals surface area contributed by atoms with E-state index in [0.717, 1.165) is 23.7 Å². The average molecular weight is 190 g/mol. The van der Waals surface area contributed by atoms with Crippen LogP contribution in [0.25, 0.3) is 0 Å². The number of hydrogen-bond donors (Lipinski definition) is 0. The monoisotopic (exact) mass is 190 g/mol. The molecule has 3 rings (SSSR count). The lowest BCUT2D eigenvalue weighted by molar-refractivity contribution is 0.0884. The highest BCUT2D eigenvalue weighted by Crippen LogP contribution is 2.68. The van der Waals surface area contributed by atoms with Gasteiger partial charge in [0.2, 0.25) is 0 Å². The van der Waals surface area contributed by atoms with E-state index < -0.39 is 0 Å². The van der Waals surface area contributed by atoms with Crippen molar-refractivity contribution in [2.24, 2.45) is 34.5 Å². The van der Waals surface area contributed by atoms with E-state index in [-0.39, 0.29) is 0 Å². The summed E-state index contributed by atoms with van der Waals surface area (Å²) in [6, 6.07) is 0. The molecule has 0 saturated heterocycles. The Kier molecular flexibility index (Phi) is 1.47. The summed E-state index contributed by atoms with van der Waals surface area (Å²) in [5, 5.41) is 0. The lowest BCUT2D eigenvalue weighted by atomic mass is 9.64. The van der Waals surface area contributed by atoms with E-state index in [4.69, 9.17) is 0 Å². The van der Waals surface area contributed by atoms with Crippen molar-refractivity contribution < 1.29 is 0 Å². The zero-order valence-corrected chi connectivity index (χ0v) is 9.88. The molecule has 0 aromatic heterocycles. The number of hydrogen-bond acceptors (Lipinski definition) is 0. The highest BCUT2D eigenvalue weighted by Gasteiger charge is 2.61. The average Bonchev–Trinajstić information content (AvgIpc) is 2.64. The quantitative estimate of drug-likeness (QED) is 0.508. The lowest BCUT2D eigenvalue weighted by Crippen LogP contribution is -2.34. The zero-order chi connectivity index (χ0) is 10.1. The lowest BCUT2D eigenvalue weighted by Gasteiger charge is -2.41. The minimum Gasteiger partial charge on any atom is -0.0848 e. The highest BCUT2D eigenvalue weighted by molar-refractivity contribution is 5.21. The van der Waals surface area contributed by atoms with Crippen LogP contribution in [0.15, 0.2) is 12.2 Å². The molecule has 4 atom stereocenters. The molecule has 2 bridgehead atoms. The van der Waals surface area contributed by atoms with Crippen LogP contribution in [0, 0.1) is 34.5 Å². The number of allylic oxidation sites excluding steroid dienone is 2. The maximum absolute atomic E-state index is 2.51. The summed E-state index contributed by atoms with van der Waals surface area (Å²) in [6.45, 7) is 9.97. The van der Waals surface area contributed by atoms with E-state index in [2.05, 4.69) is 39.8 Å². The SMILES string of the molecule is CC1(C)CC2C3C=CC(C3)C2C1(C)C. The van der Waals surface area contributed by atoms with Crippen LogP contribution in [0.2, 0.25) is 0 Å². The van der Waals surface area contributed by atoms with Crippen molar-refractivity contribution in [1.29, 1.82) is 0 Å². The van der Waals surface area contributed by atoms with Gasteiger partial charge in [-0.3, -0.25) is 0 Å². The Bertz CT molecular complexity index is 295. The van der Waals surface area contributed by atoms with Crippen molar-refractivity contribution in [2.75, 3.05) is 0 Å². The van der Waals surface area contributed by atoms with Gasteiger partial charge in [0, 0.05) is 0 Å². The molecule has 0 N–H and O–H groups in total. The van der Waals surface area contributed by atoms with Gasteiger partial charge < -0.3 is 0 Å². The predicted molar refractivity (Wildman–Crippen MR) is 59.9 cm³/mol. The molecule has 0 nitrogen and oxygen atoms in total. The van der Waals surface area contributed by atoms with Crippen molar-refractivity contribution in [3.05, 3.63) is 12.2 Å². The largest absolute Gasteiger partial charge is 0.0848 e. The summed E-state index contributed by atoms with van der Waals surface area (Å²) in [7, 11) is 0. The van der Waals surface area contributed by atoms with Crippen LogP contribution in [0.3, 0.4) is 0 Å². The smallest absolute Gasteiger partial charge is 0.0191 e. The second kappa shape index (κ2) is 2.28. The molecule has 2 fully saturated rings. The molecule has 2 saturated carbocycles. The van der Waals surface area contributed by atoms with Crippen molar-refractivity contribution in [1.82, 2.24) is 0 Å². The molecule has 14 heavy (non-hydrogen) atoms. The van der Waals surface area contributed by atoms with Crippen LogP contribution in [0.5, 0.6) is 0 Å². The number of fused-ring (bicyclic) bond motifs is 5. The molecule has 0 aromatic carbocycles. The molecule has 3 aliphatic rings. The van der Waals surface area contributed by atoms with Crippen molar-refractivity contribution in [3.8, 4) is 0 Å². The Morgan fingerprint density at radius 3 is 2.29 bits per heavy atom. The first-order valence-corrected chi connectivity index (χ1v) is 6.12. The van der Waals surface area contributed by atoms with E-state index in [9.17, 15) is 0 Å². The standard InChI is InChI=1S/C14H22/c1-13(2)8-11-9-5-6-10(7-9)12(11)14(13,3)4/h5-6,9-12H,7-8H2,1-4H3. The predicted octanol–water partition coefficient (Wildman–Crippen LogP) is 3.88. The molecule has 0 aliphatic heterocycles. The molecular weight excluding hydrogens is 168 g/mol. The third kappa shape index (κ3) is 0.816. The Labute approximate surface area is 87.8 Å². The Morgan fingerprint density at radius 2 is 1.64 bits per heavy atom. The van der Waals surface area contributed by atoms with Crippen LogP contribution < -0.4 is 0 Å². The molecule has 0 radical (unpaired) electrons. The summed E-state index contributed by atoms with van der Waals surface area (Å²) in [6.07, 6.45) is 7.93. The van der Waals surface area contributed by atoms with Crippen molar-refractivity contribution in [2.45, 2.75) is 40.5 Å². The second-order valence-corrected chi connectivity index (χ2v) is 6.95. The van der Waals surface area contributed by atoms with Gasteiger partial charge in [0.25, 0.3) is 0 Å². The van der Waals surface area contributed by atoms with Gasteiger partial charge in [0.15, 0.2) is 0 Å². The summed E-state index contributed by atoms with van der Waals surface area (Å²) in [5.41, 5.74) is 1.09. The first kappa shape index (κ1) is 9.00. The van der Waals surface area contributed by atoms with Crippen LogP contribution in [0.1, 0.15) is 40.5 Å². The Hall–Kier alpha value is -0.260. The van der Waals surface area contributed by atoms with Crippen LogP contribution in [-0.4, -0.2) is 0 Å². The maximum Gasteiger partial charge on any atom is -0.0191 e. The molecular formula is C14H22. The fraction of sp³-hybridized carbons (Fsp3) is 0.857. The molecule has 78 valence electrons. The Balaban J connectivity index is 2.04. The van der Waals surface area contributed by atoms with E-state index in [1.54, 1.807) is 0 Å². The summed E-state index contributed by atoms with van der Waals surface area (Å²) < 4.78 is 0. The van der Waals surface area contributed by atoms with E-state index in [1.165, 1.54) is 12.8 Å². The van der Waals surface area contributed by atoms with Gasteiger partial charge in [-0.15, -0.1) is 0 Å². The van der Waals surface area contributed by atoms with Gasteiger partial charge in [0.1, 0.15) is 0 Å². The molecule has 0 spiro atoms. The minimum atomic E-state index is 0.543. The second-order valence-electron chi connectivity index (χ2n) is 6.95. The van der Waals surface area contributed by atoms with Gasteiger partial charge in [-0.25, -0.2) is 0 Å². The summed E-state index contributed by atoms with van der Waals surface area (Å²) in [5.74, 6) is 3.84. The molecule has 4 unspecified atom stereocenters. The first-order chi connectivity index (χ1) is 6.43. The van der Waals surface area contributed by atoms with Crippen LogP contribution in [-0.2, 0) is 0 Å². The molecule has 3 aliphatic carbocycles. The fourth-order valence-corrected chi connectivity index (χ4v) is 4.58. The normalized spacial score (nSPS) is 51.1. The van der Waals surface area contributed by atoms with Crippen LogP contribution >= 0.6 is 0 Å². The molecule has 0 heterocycles. The minimum absolute atomic E-state index is 0.543. The third-order valence-electron chi connectivity index (χ3n) is 5.95. The molecule has 0 aromatic rings. The van der Waals surface area contributed by atoms with E-state index in [1.807, 2.05) is 0 Å². The van der Waals surface area contributed by atoms with Gasteiger partial charge in [-0.05, 0) is 47.3 Å². The van der Waals surface area contributed by atoms with Gasteiger partial charge in [0.05, 0.1) is 0 Å². The topological polar surface area (TPSA) is 0 Å².